The summed E-state index contributed by atoms with van der Waals surface area (Å²) in [6.45, 7) is 2.00. The number of benzene rings is 1. The van der Waals surface area contributed by atoms with E-state index in [0.717, 1.165) is 33.7 Å². The molecule has 4 rings (SSSR count). The number of hydrogen-bond acceptors (Lipinski definition) is 4. The van der Waals surface area contributed by atoms with Gasteiger partial charge in [0.2, 0.25) is 0 Å². The summed E-state index contributed by atoms with van der Waals surface area (Å²) in [6.07, 6.45) is 0. The standard InChI is InChI=1S/C16H17N7/c1-9-8-12(20-22(9)2)14-13(15(17)23(3)21-14)16-18-10-6-4-5-7-11(10)19-16/h4-8H,17H2,1-3H3,(H,18,19). The van der Waals surface area contributed by atoms with Crippen molar-refractivity contribution in [2.24, 2.45) is 14.1 Å². The van der Waals surface area contributed by atoms with Gasteiger partial charge in [0, 0.05) is 19.8 Å². The van der Waals surface area contributed by atoms with Gasteiger partial charge in [0.15, 0.2) is 0 Å². The van der Waals surface area contributed by atoms with Crippen LogP contribution in [0.4, 0.5) is 5.82 Å². The van der Waals surface area contributed by atoms with Crippen molar-refractivity contribution in [3.63, 3.8) is 0 Å². The van der Waals surface area contributed by atoms with E-state index >= 15 is 0 Å². The summed E-state index contributed by atoms with van der Waals surface area (Å²) in [4.78, 5) is 7.97. The van der Waals surface area contributed by atoms with E-state index in [1.165, 1.54) is 0 Å². The smallest absolute Gasteiger partial charge is 0.144 e. The average Bonchev–Trinajstić information content (AvgIpc) is 3.17. The van der Waals surface area contributed by atoms with Gasteiger partial charge in [-0.05, 0) is 25.1 Å². The summed E-state index contributed by atoms with van der Waals surface area (Å²) in [6, 6.07) is 9.88. The lowest BCUT2D eigenvalue weighted by atomic mass is 10.1. The molecule has 3 N–H and O–H groups in total. The molecular formula is C16H17N7. The summed E-state index contributed by atoms with van der Waals surface area (Å²) in [7, 11) is 3.73. The predicted octanol–water partition coefficient (Wildman–Crippen LogP) is 2.25. The van der Waals surface area contributed by atoms with Crippen LogP contribution in [0.15, 0.2) is 30.3 Å². The predicted molar refractivity (Wildman–Crippen MR) is 89.6 cm³/mol. The number of hydrogen-bond donors (Lipinski definition) is 2. The third-order valence-electron chi connectivity index (χ3n) is 4.07. The number of aromatic amines is 1. The van der Waals surface area contributed by atoms with Crippen LogP contribution in [0, 0.1) is 6.92 Å². The Kier molecular flexibility index (Phi) is 2.77. The Morgan fingerprint density at radius 2 is 1.87 bits per heavy atom. The number of aromatic nitrogens is 6. The summed E-state index contributed by atoms with van der Waals surface area (Å²) < 4.78 is 3.48. The van der Waals surface area contributed by atoms with Crippen molar-refractivity contribution in [1.29, 1.82) is 0 Å². The van der Waals surface area contributed by atoms with Crippen LogP contribution >= 0.6 is 0 Å². The van der Waals surface area contributed by atoms with E-state index in [2.05, 4.69) is 20.2 Å². The van der Waals surface area contributed by atoms with Crippen LogP contribution in [0.25, 0.3) is 33.8 Å². The van der Waals surface area contributed by atoms with Crippen LogP contribution in [0.1, 0.15) is 5.69 Å². The fourth-order valence-electron chi connectivity index (χ4n) is 2.70. The Labute approximate surface area is 132 Å². The minimum Gasteiger partial charge on any atom is -0.383 e. The average molecular weight is 307 g/mol. The zero-order valence-electron chi connectivity index (χ0n) is 13.2. The van der Waals surface area contributed by atoms with Gasteiger partial charge in [-0.1, -0.05) is 12.1 Å². The van der Waals surface area contributed by atoms with Gasteiger partial charge in [-0.15, -0.1) is 0 Å². The van der Waals surface area contributed by atoms with E-state index in [1.807, 2.05) is 56.0 Å². The van der Waals surface area contributed by atoms with Gasteiger partial charge < -0.3 is 10.7 Å². The molecule has 7 nitrogen and oxygen atoms in total. The Hall–Kier alpha value is -3.09. The second-order valence-corrected chi connectivity index (χ2v) is 5.63. The minimum absolute atomic E-state index is 0.558. The monoisotopic (exact) mass is 307 g/mol. The maximum Gasteiger partial charge on any atom is 0.144 e. The molecular weight excluding hydrogens is 290 g/mol. The van der Waals surface area contributed by atoms with E-state index in [1.54, 1.807) is 4.68 Å². The van der Waals surface area contributed by atoms with Gasteiger partial charge >= 0.3 is 0 Å². The molecule has 0 aliphatic heterocycles. The van der Waals surface area contributed by atoms with Gasteiger partial charge in [-0.3, -0.25) is 9.36 Å². The Balaban J connectivity index is 1.97. The highest BCUT2D eigenvalue weighted by atomic mass is 15.3. The van der Waals surface area contributed by atoms with Gasteiger partial charge in [0.05, 0.1) is 16.6 Å². The van der Waals surface area contributed by atoms with Crippen LogP contribution in [0.5, 0.6) is 0 Å². The molecule has 7 heteroatoms. The number of nitrogen functional groups attached to an aromatic ring is 1. The summed E-state index contributed by atoms with van der Waals surface area (Å²) in [5, 5.41) is 9.06. The molecule has 3 aromatic heterocycles. The fraction of sp³-hybridized carbons (Fsp3) is 0.188. The molecule has 0 amide bonds. The number of rotatable bonds is 2. The molecule has 4 aromatic rings. The van der Waals surface area contributed by atoms with Crippen molar-refractivity contribution in [2.75, 3.05) is 5.73 Å². The van der Waals surface area contributed by atoms with Gasteiger partial charge in [0.25, 0.3) is 0 Å². The maximum atomic E-state index is 6.25. The van der Waals surface area contributed by atoms with Crippen LogP contribution in [0.2, 0.25) is 0 Å². The number of aryl methyl sites for hydroxylation is 3. The zero-order chi connectivity index (χ0) is 16.1. The quantitative estimate of drug-likeness (QED) is 0.594. The fourth-order valence-corrected chi connectivity index (χ4v) is 2.70. The number of nitrogens with two attached hydrogens (primary N) is 1. The first-order chi connectivity index (χ1) is 11.0. The van der Waals surface area contributed by atoms with Crippen molar-refractivity contribution < 1.29 is 0 Å². The molecule has 3 heterocycles. The zero-order valence-corrected chi connectivity index (χ0v) is 13.2. The van der Waals surface area contributed by atoms with Gasteiger partial charge in [-0.25, -0.2) is 4.98 Å². The molecule has 116 valence electrons. The molecule has 0 bridgehead atoms. The molecule has 1 aromatic carbocycles. The number of H-pyrrole nitrogens is 1. The normalized spacial score (nSPS) is 11.4. The van der Waals surface area contributed by atoms with Gasteiger partial charge in [-0.2, -0.15) is 10.2 Å². The number of imidazole rings is 1. The second-order valence-electron chi connectivity index (χ2n) is 5.63. The van der Waals surface area contributed by atoms with Crippen molar-refractivity contribution in [2.45, 2.75) is 6.92 Å². The number of nitrogens with zero attached hydrogens (tertiary/aromatic N) is 5. The van der Waals surface area contributed by atoms with E-state index in [0.29, 0.717) is 11.6 Å². The Bertz CT molecular complexity index is 966. The first-order valence-corrected chi connectivity index (χ1v) is 7.33. The molecule has 0 fully saturated rings. The Morgan fingerprint density at radius 3 is 2.57 bits per heavy atom. The highest BCUT2D eigenvalue weighted by Crippen LogP contribution is 2.34. The van der Waals surface area contributed by atoms with E-state index in [4.69, 9.17) is 5.73 Å². The molecule has 23 heavy (non-hydrogen) atoms. The summed E-state index contributed by atoms with van der Waals surface area (Å²) in [5.41, 5.74) is 11.5. The van der Waals surface area contributed by atoms with E-state index in [9.17, 15) is 0 Å². The molecule has 0 spiro atoms. The SMILES string of the molecule is Cc1cc(-c2nn(C)c(N)c2-c2nc3ccccc3[nH]2)nn1C. The molecule has 0 aliphatic rings. The number of anilines is 1. The molecule has 0 saturated heterocycles. The van der Waals surface area contributed by atoms with E-state index in [-0.39, 0.29) is 0 Å². The minimum atomic E-state index is 0.558. The Morgan fingerprint density at radius 1 is 1.09 bits per heavy atom. The van der Waals surface area contributed by atoms with Crippen LogP contribution < -0.4 is 5.73 Å². The van der Waals surface area contributed by atoms with Crippen molar-refractivity contribution in [3.8, 4) is 22.8 Å². The van der Waals surface area contributed by atoms with Crippen LogP contribution in [-0.4, -0.2) is 29.5 Å². The lowest BCUT2D eigenvalue weighted by molar-refractivity contribution is 0.738. The molecule has 0 atom stereocenters. The third-order valence-corrected chi connectivity index (χ3v) is 4.07. The number of fused-ring (bicyclic) bond motifs is 1. The van der Waals surface area contributed by atoms with Crippen molar-refractivity contribution in [3.05, 3.63) is 36.0 Å². The van der Waals surface area contributed by atoms with Crippen LogP contribution in [0.3, 0.4) is 0 Å². The molecule has 0 aliphatic carbocycles. The highest BCUT2D eigenvalue weighted by Gasteiger charge is 2.22. The largest absolute Gasteiger partial charge is 0.383 e. The summed E-state index contributed by atoms with van der Waals surface area (Å²) >= 11 is 0. The maximum absolute atomic E-state index is 6.25. The van der Waals surface area contributed by atoms with Crippen LogP contribution in [-0.2, 0) is 14.1 Å². The first-order valence-electron chi connectivity index (χ1n) is 7.33. The summed E-state index contributed by atoms with van der Waals surface area (Å²) in [5.74, 6) is 1.26. The lowest BCUT2D eigenvalue weighted by Crippen LogP contribution is -1.98. The third kappa shape index (κ3) is 2.01. The lowest BCUT2D eigenvalue weighted by Gasteiger charge is -1.98. The topological polar surface area (TPSA) is 90.3 Å². The van der Waals surface area contributed by atoms with Crippen molar-refractivity contribution in [1.82, 2.24) is 29.5 Å². The highest BCUT2D eigenvalue weighted by molar-refractivity contribution is 5.88. The van der Waals surface area contributed by atoms with Gasteiger partial charge in [0.1, 0.15) is 23.0 Å². The van der Waals surface area contributed by atoms with Crippen molar-refractivity contribution >= 4 is 16.9 Å². The first kappa shape index (κ1) is 13.6. The molecule has 0 saturated carbocycles. The number of nitrogens with one attached hydrogen (secondary N) is 1. The number of para-hydroxylation sites is 2. The van der Waals surface area contributed by atoms with E-state index < -0.39 is 0 Å². The second kappa shape index (κ2) is 4.70. The molecule has 0 unspecified atom stereocenters. The molecule has 0 radical (unpaired) electrons.